The molecule has 1 aromatic carbocycles. The van der Waals surface area contributed by atoms with Crippen molar-refractivity contribution in [1.82, 2.24) is 15.6 Å². The van der Waals surface area contributed by atoms with Crippen molar-refractivity contribution in [2.45, 2.75) is 6.92 Å². The Labute approximate surface area is 170 Å². The van der Waals surface area contributed by atoms with Crippen molar-refractivity contribution in [3.8, 4) is 5.75 Å². The Morgan fingerprint density at radius 2 is 1.96 bits per heavy atom. The number of aliphatic imine (C=N–C) groups is 1. The van der Waals surface area contributed by atoms with Crippen LogP contribution in [0, 0.1) is 0 Å². The fourth-order valence-corrected chi connectivity index (χ4v) is 1.98. The zero-order chi connectivity index (χ0) is 17.7. The van der Waals surface area contributed by atoms with Gasteiger partial charge in [0.1, 0.15) is 18.9 Å². The Morgan fingerprint density at radius 1 is 1.15 bits per heavy atom. The number of nitrogens with zero attached hydrogens (tertiary/aromatic N) is 2. The zero-order valence-corrected chi connectivity index (χ0v) is 17.0. The van der Waals surface area contributed by atoms with E-state index < -0.39 is 0 Å². The fourth-order valence-electron chi connectivity index (χ4n) is 1.98. The molecule has 2 aromatic rings. The molecule has 26 heavy (non-hydrogen) atoms. The first-order valence-corrected chi connectivity index (χ1v) is 8.18. The van der Waals surface area contributed by atoms with Gasteiger partial charge >= 0.3 is 0 Å². The second kappa shape index (κ2) is 12.9. The van der Waals surface area contributed by atoms with Gasteiger partial charge in [0.15, 0.2) is 5.96 Å². The summed E-state index contributed by atoms with van der Waals surface area (Å²) in [7, 11) is 0. The molecular weight excluding hydrogens is 445 g/mol. The predicted octanol–water partition coefficient (Wildman–Crippen LogP) is 2.27. The molecule has 7 nitrogen and oxygen atoms in total. The van der Waals surface area contributed by atoms with Gasteiger partial charge in [0.25, 0.3) is 0 Å². The van der Waals surface area contributed by atoms with E-state index in [0.29, 0.717) is 31.3 Å². The van der Waals surface area contributed by atoms with E-state index in [0.717, 1.165) is 5.75 Å². The van der Waals surface area contributed by atoms with Crippen LogP contribution < -0.4 is 20.7 Å². The average molecular weight is 469 g/mol. The summed E-state index contributed by atoms with van der Waals surface area (Å²) < 4.78 is 5.61. The molecule has 0 unspecified atom stereocenters. The molecule has 2 rings (SSSR count). The fraction of sp³-hybridized carbons (Fsp3) is 0.278. The Bertz CT molecular complexity index is 668. The van der Waals surface area contributed by atoms with E-state index in [9.17, 15) is 4.79 Å². The van der Waals surface area contributed by atoms with E-state index in [1.165, 1.54) is 0 Å². The highest BCUT2D eigenvalue weighted by Gasteiger charge is 2.03. The lowest BCUT2D eigenvalue weighted by Crippen LogP contribution is -2.39. The molecule has 0 aliphatic carbocycles. The van der Waals surface area contributed by atoms with Crippen LogP contribution in [0.15, 0.2) is 59.9 Å². The Kier molecular flexibility index (Phi) is 10.8. The van der Waals surface area contributed by atoms with Gasteiger partial charge in [-0.25, -0.2) is 4.99 Å². The van der Waals surface area contributed by atoms with Gasteiger partial charge in [0.05, 0.1) is 18.4 Å². The van der Waals surface area contributed by atoms with Gasteiger partial charge in [0, 0.05) is 12.7 Å². The summed E-state index contributed by atoms with van der Waals surface area (Å²) >= 11 is 0. The first-order valence-electron chi connectivity index (χ1n) is 8.18. The summed E-state index contributed by atoms with van der Waals surface area (Å²) in [5.41, 5.74) is 0.650. The van der Waals surface area contributed by atoms with Crippen LogP contribution in [0.5, 0.6) is 5.75 Å². The molecule has 140 valence electrons. The van der Waals surface area contributed by atoms with Crippen LogP contribution in [0.4, 0.5) is 5.69 Å². The van der Waals surface area contributed by atoms with Crippen molar-refractivity contribution in [3.05, 3.63) is 54.9 Å². The molecule has 1 amide bonds. The first kappa shape index (κ1) is 21.7. The summed E-state index contributed by atoms with van der Waals surface area (Å²) in [5, 5.41) is 8.96. The molecule has 3 N–H and O–H groups in total. The lowest BCUT2D eigenvalue weighted by Gasteiger charge is -2.12. The molecular formula is C18H24IN5O2. The van der Waals surface area contributed by atoms with E-state index in [2.05, 4.69) is 25.9 Å². The topological polar surface area (TPSA) is 87.6 Å². The van der Waals surface area contributed by atoms with Crippen LogP contribution in [-0.4, -0.2) is 43.1 Å². The molecule has 1 aromatic heterocycles. The monoisotopic (exact) mass is 469 g/mol. The molecule has 1 heterocycles. The number of anilines is 1. The predicted molar refractivity (Wildman–Crippen MR) is 114 cm³/mol. The minimum Gasteiger partial charge on any atom is -0.492 e. The zero-order valence-electron chi connectivity index (χ0n) is 14.6. The van der Waals surface area contributed by atoms with Crippen LogP contribution in [0.3, 0.4) is 0 Å². The number of guanidine groups is 1. The van der Waals surface area contributed by atoms with Crippen molar-refractivity contribution >= 4 is 41.5 Å². The third-order valence-corrected chi connectivity index (χ3v) is 3.08. The van der Waals surface area contributed by atoms with Crippen molar-refractivity contribution in [2.24, 2.45) is 4.99 Å². The van der Waals surface area contributed by atoms with E-state index in [1.807, 2.05) is 37.3 Å². The van der Waals surface area contributed by atoms with Gasteiger partial charge in [-0.3, -0.25) is 9.78 Å². The summed E-state index contributed by atoms with van der Waals surface area (Å²) in [6.07, 6.45) is 3.24. The SMILES string of the molecule is CCNC(=NCC(=O)Nc1cccnc1)NCCOc1ccccc1.I. The highest BCUT2D eigenvalue weighted by molar-refractivity contribution is 14.0. The van der Waals surface area contributed by atoms with Crippen molar-refractivity contribution in [2.75, 3.05) is 31.6 Å². The number of nitrogens with one attached hydrogen (secondary N) is 3. The van der Waals surface area contributed by atoms with Crippen LogP contribution in [-0.2, 0) is 4.79 Å². The van der Waals surface area contributed by atoms with E-state index in [-0.39, 0.29) is 36.4 Å². The third kappa shape index (κ3) is 8.65. The Hall–Kier alpha value is -2.36. The molecule has 0 fully saturated rings. The molecule has 8 heteroatoms. The maximum atomic E-state index is 11.9. The minimum absolute atomic E-state index is 0. The van der Waals surface area contributed by atoms with E-state index in [4.69, 9.17) is 4.74 Å². The van der Waals surface area contributed by atoms with Gasteiger partial charge in [-0.1, -0.05) is 18.2 Å². The minimum atomic E-state index is -0.203. The molecule has 0 bridgehead atoms. The van der Waals surface area contributed by atoms with Crippen molar-refractivity contribution < 1.29 is 9.53 Å². The number of para-hydroxylation sites is 1. The summed E-state index contributed by atoms with van der Waals surface area (Å²) in [5.74, 6) is 1.19. The van der Waals surface area contributed by atoms with E-state index in [1.54, 1.807) is 24.5 Å². The Morgan fingerprint density at radius 3 is 2.65 bits per heavy atom. The summed E-state index contributed by atoms with van der Waals surface area (Å²) in [6, 6.07) is 13.1. The number of rotatable bonds is 8. The number of halogens is 1. The van der Waals surface area contributed by atoms with Gasteiger partial charge in [-0.15, -0.1) is 24.0 Å². The first-order chi connectivity index (χ1) is 12.3. The van der Waals surface area contributed by atoms with Crippen molar-refractivity contribution in [1.29, 1.82) is 0 Å². The quantitative estimate of drug-likeness (QED) is 0.239. The normalized spacial score (nSPS) is 10.4. The van der Waals surface area contributed by atoms with Gasteiger partial charge in [-0.05, 0) is 31.2 Å². The van der Waals surface area contributed by atoms with E-state index >= 15 is 0 Å². The lowest BCUT2D eigenvalue weighted by atomic mass is 10.3. The average Bonchev–Trinajstić information content (AvgIpc) is 2.65. The molecule has 0 saturated carbocycles. The second-order valence-corrected chi connectivity index (χ2v) is 5.07. The number of pyridine rings is 1. The summed E-state index contributed by atoms with van der Waals surface area (Å²) in [6.45, 7) is 3.76. The number of ether oxygens (including phenoxy) is 1. The highest BCUT2D eigenvalue weighted by Crippen LogP contribution is 2.07. The standard InChI is InChI=1S/C18H23N5O2.HI/c1-2-20-18(21-11-12-25-16-8-4-3-5-9-16)22-14-17(24)23-15-7-6-10-19-13-15;/h3-10,13H,2,11-12,14H2,1H3,(H,23,24)(H2,20,21,22);1H. The maximum Gasteiger partial charge on any atom is 0.246 e. The highest BCUT2D eigenvalue weighted by atomic mass is 127. The lowest BCUT2D eigenvalue weighted by molar-refractivity contribution is -0.114. The van der Waals surface area contributed by atoms with Crippen LogP contribution in [0.2, 0.25) is 0 Å². The van der Waals surface area contributed by atoms with Gasteiger partial charge < -0.3 is 20.7 Å². The smallest absolute Gasteiger partial charge is 0.246 e. The summed E-state index contributed by atoms with van der Waals surface area (Å²) in [4.78, 5) is 20.1. The largest absolute Gasteiger partial charge is 0.492 e. The number of amides is 1. The molecule has 0 radical (unpaired) electrons. The number of aromatic nitrogens is 1. The molecule has 0 saturated heterocycles. The van der Waals surface area contributed by atoms with Gasteiger partial charge in [0.2, 0.25) is 5.91 Å². The molecule has 0 aliphatic heterocycles. The maximum absolute atomic E-state index is 11.9. The van der Waals surface area contributed by atoms with Crippen LogP contribution in [0.1, 0.15) is 6.92 Å². The molecule has 0 atom stereocenters. The van der Waals surface area contributed by atoms with Crippen molar-refractivity contribution in [3.63, 3.8) is 0 Å². The van der Waals surface area contributed by atoms with Crippen LogP contribution in [0.25, 0.3) is 0 Å². The number of carbonyl (C=O) groups excluding carboxylic acids is 1. The molecule has 0 spiro atoms. The van der Waals surface area contributed by atoms with Crippen LogP contribution >= 0.6 is 24.0 Å². The number of benzene rings is 1. The molecule has 0 aliphatic rings. The number of hydrogen-bond donors (Lipinski definition) is 3. The Balaban J connectivity index is 0.00000338. The second-order valence-electron chi connectivity index (χ2n) is 5.07. The van der Waals surface area contributed by atoms with Gasteiger partial charge in [-0.2, -0.15) is 0 Å². The number of carbonyl (C=O) groups is 1. The third-order valence-electron chi connectivity index (χ3n) is 3.08. The number of hydrogen-bond acceptors (Lipinski definition) is 4.